The number of aromatic nitrogens is 6. The lowest BCUT2D eigenvalue weighted by Crippen LogP contribution is -2.30. The molecule has 3 N–H and O–H groups in total. The summed E-state index contributed by atoms with van der Waals surface area (Å²) in [4.78, 5) is 16.2. The van der Waals surface area contributed by atoms with Gasteiger partial charge < -0.3 is 4.74 Å². The second kappa shape index (κ2) is 7.10. The van der Waals surface area contributed by atoms with Crippen molar-refractivity contribution in [2.24, 2.45) is 0 Å². The van der Waals surface area contributed by atoms with Gasteiger partial charge >= 0.3 is 11.6 Å². The molecule has 4 aromatic rings. The molecule has 3 aromatic heterocycles. The normalized spacial score (nSPS) is 16.5. The van der Waals surface area contributed by atoms with Gasteiger partial charge in [-0.05, 0) is 18.9 Å². The Morgan fingerprint density at radius 1 is 1.17 bits per heavy atom. The Labute approximate surface area is 165 Å². The SMILES string of the molecule is Nc1[nH+]c(-c2ccccc2)c(-c2ccnnc2)c2nn(C[C@H]3CCCO3)c(=O)n12. The van der Waals surface area contributed by atoms with Crippen LogP contribution in [0.25, 0.3) is 28.0 Å². The fourth-order valence-electron chi connectivity index (χ4n) is 3.78. The fraction of sp³-hybridized carbons (Fsp3) is 0.250. The molecule has 4 heterocycles. The first-order valence-corrected chi connectivity index (χ1v) is 9.51. The van der Waals surface area contributed by atoms with Gasteiger partial charge in [0.05, 0.1) is 30.6 Å². The van der Waals surface area contributed by atoms with Crippen LogP contribution in [0, 0.1) is 0 Å². The number of nitrogens with two attached hydrogens (primary N) is 1. The molecule has 0 radical (unpaired) electrons. The third kappa shape index (κ3) is 3.05. The maximum atomic E-state index is 13.0. The van der Waals surface area contributed by atoms with Crippen molar-refractivity contribution in [1.29, 1.82) is 0 Å². The van der Waals surface area contributed by atoms with E-state index < -0.39 is 0 Å². The van der Waals surface area contributed by atoms with Crippen LogP contribution in [0.3, 0.4) is 0 Å². The summed E-state index contributed by atoms with van der Waals surface area (Å²) in [5, 5.41) is 12.5. The molecule has 9 nitrogen and oxygen atoms in total. The van der Waals surface area contributed by atoms with Gasteiger partial charge in [-0.2, -0.15) is 14.9 Å². The van der Waals surface area contributed by atoms with Gasteiger partial charge in [-0.3, -0.25) is 5.73 Å². The smallest absolute Gasteiger partial charge is 0.376 e. The van der Waals surface area contributed by atoms with Crippen LogP contribution in [-0.4, -0.2) is 37.1 Å². The van der Waals surface area contributed by atoms with E-state index >= 15 is 0 Å². The molecule has 0 unspecified atom stereocenters. The number of benzene rings is 1. The van der Waals surface area contributed by atoms with Crippen LogP contribution in [0.1, 0.15) is 12.8 Å². The van der Waals surface area contributed by atoms with E-state index in [-0.39, 0.29) is 17.7 Å². The predicted molar refractivity (Wildman–Crippen MR) is 106 cm³/mol. The van der Waals surface area contributed by atoms with E-state index in [0.717, 1.165) is 41.8 Å². The molecule has 0 amide bonds. The first kappa shape index (κ1) is 17.5. The van der Waals surface area contributed by atoms with Gasteiger partial charge in [0.2, 0.25) is 5.65 Å². The molecular formula is C20H20N7O2+. The van der Waals surface area contributed by atoms with Gasteiger partial charge in [0.25, 0.3) is 0 Å². The van der Waals surface area contributed by atoms with Gasteiger partial charge in [0.1, 0.15) is 5.69 Å². The maximum absolute atomic E-state index is 13.0. The number of nitrogens with one attached hydrogen (secondary N) is 1. The standard InChI is InChI=1S/C20H19N7O2/c21-19-24-17(13-5-2-1-3-6-13)16(14-8-9-22-23-11-14)18-25-26(20(28)27(18)19)12-15-7-4-10-29-15/h1-3,5-6,8-9,11,15H,4,7,10,12H2,(H2,21,24)/p+1/t15-/m1/s1. The van der Waals surface area contributed by atoms with E-state index in [1.165, 1.54) is 9.08 Å². The Kier molecular flexibility index (Phi) is 4.28. The highest BCUT2D eigenvalue weighted by atomic mass is 16.5. The van der Waals surface area contributed by atoms with Crippen LogP contribution < -0.4 is 16.4 Å². The third-order valence-corrected chi connectivity index (χ3v) is 5.14. The van der Waals surface area contributed by atoms with E-state index in [1.807, 2.05) is 36.4 Å². The van der Waals surface area contributed by atoms with Crippen molar-refractivity contribution in [3.05, 3.63) is 59.3 Å². The van der Waals surface area contributed by atoms with Crippen molar-refractivity contribution in [2.75, 3.05) is 12.3 Å². The second-order valence-electron chi connectivity index (χ2n) is 7.02. The van der Waals surface area contributed by atoms with E-state index in [9.17, 15) is 4.79 Å². The summed E-state index contributed by atoms with van der Waals surface area (Å²) < 4.78 is 8.51. The molecule has 29 heavy (non-hydrogen) atoms. The zero-order valence-corrected chi connectivity index (χ0v) is 15.7. The summed E-state index contributed by atoms with van der Waals surface area (Å²) in [5.74, 6) is 0.216. The number of nitrogen functional groups attached to an aromatic ring is 1. The minimum absolute atomic E-state index is 0.0116. The van der Waals surface area contributed by atoms with Crippen LogP contribution in [0.5, 0.6) is 0 Å². The number of nitrogens with zero attached hydrogens (tertiary/aromatic N) is 5. The summed E-state index contributed by atoms with van der Waals surface area (Å²) in [6.07, 6.45) is 5.16. The van der Waals surface area contributed by atoms with Crippen molar-refractivity contribution in [3.63, 3.8) is 0 Å². The minimum Gasteiger partial charge on any atom is -0.376 e. The largest absolute Gasteiger partial charge is 0.411 e. The van der Waals surface area contributed by atoms with Crippen molar-refractivity contribution >= 4 is 11.6 Å². The number of hydrogen-bond donors (Lipinski definition) is 1. The van der Waals surface area contributed by atoms with Gasteiger partial charge in [0, 0.05) is 17.7 Å². The Morgan fingerprint density at radius 3 is 2.76 bits per heavy atom. The van der Waals surface area contributed by atoms with Gasteiger partial charge in [0.15, 0.2) is 0 Å². The molecule has 1 aliphatic rings. The average molecular weight is 390 g/mol. The quantitative estimate of drug-likeness (QED) is 0.560. The lowest BCUT2D eigenvalue weighted by atomic mass is 10.0. The van der Waals surface area contributed by atoms with Crippen molar-refractivity contribution in [1.82, 2.24) is 24.4 Å². The summed E-state index contributed by atoms with van der Waals surface area (Å²) in [7, 11) is 0. The molecule has 1 atom stereocenters. The highest BCUT2D eigenvalue weighted by Gasteiger charge is 2.27. The molecule has 0 spiro atoms. The van der Waals surface area contributed by atoms with Crippen LogP contribution in [0.4, 0.5) is 5.95 Å². The van der Waals surface area contributed by atoms with E-state index in [4.69, 9.17) is 10.5 Å². The highest BCUT2D eigenvalue weighted by Crippen LogP contribution is 2.31. The Bertz CT molecular complexity index is 1210. The van der Waals surface area contributed by atoms with Gasteiger partial charge in [-0.1, -0.05) is 30.3 Å². The van der Waals surface area contributed by atoms with E-state index in [2.05, 4.69) is 20.3 Å². The number of ether oxygens (including phenoxy) is 1. The molecule has 146 valence electrons. The van der Waals surface area contributed by atoms with E-state index in [0.29, 0.717) is 12.2 Å². The summed E-state index contributed by atoms with van der Waals surface area (Å²) in [5.41, 5.74) is 9.64. The predicted octanol–water partition coefficient (Wildman–Crippen LogP) is 1.20. The molecule has 0 saturated carbocycles. The zero-order chi connectivity index (χ0) is 19.8. The van der Waals surface area contributed by atoms with Crippen LogP contribution in [0.15, 0.2) is 53.6 Å². The van der Waals surface area contributed by atoms with Gasteiger partial charge in [-0.15, -0.1) is 9.50 Å². The summed E-state index contributed by atoms with van der Waals surface area (Å²) >= 11 is 0. The number of anilines is 1. The lowest BCUT2D eigenvalue weighted by molar-refractivity contribution is -0.351. The van der Waals surface area contributed by atoms with Crippen LogP contribution in [0.2, 0.25) is 0 Å². The van der Waals surface area contributed by atoms with Crippen LogP contribution in [-0.2, 0) is 11.3 Å². The third-order valence-electron chi connectivity index (χ3n) is 5.14. The first-order valence-electron chi connectivity index (χ1n) is 9.51. The second-order valence-corrected chi connectivity index (χ2v) is 7.02. The van der Waals surface area contributed by atoms with Gasteiger partial charge in [-0.25, -0.2) is 9.78 Å². The lowest BCUT2D eigenvalue weighted by Gasteiger charge is -2.08. The molecule has 1 aliphatic heterocycles. The molecular weight excluding hydrogens is 370 g/mol. The molecule has 0 aliphatic carbocycles. The zero-order valence-electron chi connectivity index (χ0n) is 15.7. The first-order chi connectivity index (χ1) is 14.2. The van der Waals surface area contributed by atoms with Crippen molar-refractivity contribution in [3.8, 4) is 22.4 Å². The summed E-state index contributed by atoms with van der Waals surface area (Å²) in [6.45, 7) is 1.11. The Balaban J connectivity index is 1.78. The molecule has 1 aromatic carbocycles. The summed E-state index contributed by atoms with van der Waals surface area (Å²) in [6, 6.07) is 11.6. The molecule has 0 bridgehead atoms. The Hall–Kier alpha value is -3.59. The fourth-order valence-corrected chi connectivity index (χ4v) is 3.78. The maximum Gasteiger partial charge on any atom is 0.411 e. The monoisotopic (exact) mass is 390 g/mol. The highest BCUT2D eigenvalue weighted by molar-refractivity contribution is 5.88. The van der Waals surface area contributed by atoms with E-state index in [1.54, 1.807) is 12.4 Å². The number of hydrogen-bond acceptors (Lipinski definition) is 6. The van der Waals surface area contributed by atoms with Crippen LogP contribution >= 0.6 is 0 Å². The van der Waals surface area contributed by atoms with Crippen molar-refractivity contribution in [2.45, 2.75) is 25.5 Å². The Morgan fingerprint density at radius 2 is 2.03 bits per heavy atom. The topological polar surface area (TPSA) is 114 Å². The number of fused-ring (bicyclic) bond motifs is 1. The molecule has 1 fully saturated rings. The molecule has 1 saturated heterocycles. The molecule has 5 rings (SSSR count). The number of aromatic amines is 1. The van der Waals surface area contributed by atoms with Crippen molar-refractivity contribution < 1.29 is 9.72 Å². The number of H-pyrrole nitrogens is 1. The average Bonchev–Trinajstić information content (AvgIpc) is 3.38. The number of rotatable bonds is 4. The molecule has 9 heteroatoms. The minimum atomic E-state index is -0.299.